The molecule has 3 rings (SSSR count). The number of carbonyl (C=O) groups is 1. The number of ether oxygens (including phenoxy) is 1. The minimum Gasteiger partial charge on any atom is -0.367 e. The van der Waals surface area contributed by atoms with Crippen LogP contribution >= 0.6 is 0 Å². The summed E-state index contributed by atoms with van der Waals surface area (Å²) in [5, 5.41) is 11.8. The number of aromatic nitrogens is 4. The van der Waals surface area contributed by atoms with Crippen molar-refractivity contribution in [2.45, 2.75) is 52.3 Å². The monoisotopic (exact) mass is 374 g/mol. The van der Waals surface area contributed by atoms with Crippen LogP contribution in [0.4, 0.5) is 4.79 Å². The van der Waals surface area contributed by atoms with Crippen molar-refractivity contribution in [2.24, 2.45) is 7.05 Å². The zero-order chi connectivity index (χ0) is 19.4. The van der Waals surface area contributed by atoms with Gasteiger partial charge in [0.1, 0.15) is 5.60 Å². The van der Waals surface area contributed by atoms with Gasteiger partial charge in [-0.15, -0.1) is 0 Å². The average molecular weight is 374 g/mol. The highest BCUT2D eigenvalue weighted by Crippen LogP contribution is 2.29. The van der Waals surface area contributed by atoms with Crippen molar-refractivity contribution in [3.05, 3.63) is 35.4 Å². The van der Waals surface area contributed by atoms with Crippen molar-refractivity contribution in [2.75, 3.05) is 19.7 Å². The lowest BCUT2D eigenvalue weighted by Gasteiger charge is -2.40. The quantitative estimate of drug-likeness (QED) is 0.841. The molecule has 8 heteroatoms. The van der Waals surface area contributed by atoms with Crippen molar-refractivity contribution in [1.82, 2.24) is 29.8 Å². The number of urea groups is 1. The van der Waals surface area contributed by atoms with Gasteiger partial charge in [0.05, 0.1) is 25.0 Å². The van der Waals surface area contributed by atoms with Gasteiger partial charge in [0.15, 0.2) is 0 Å². The van der Waals surface area contributed by atoms with Crippen LogP contribution in [-0.2, 0) is 30.5 Å². The first kappa shape index (κ1) is 19.4. The number of nitrogens with zero attached hydrogens (tertiary/aromatic N) is 5. The second-order valence-corrected chi connectivity index (χ2v) is 7.42. The fraction of sp³-hybridized carbons (Fsp3) is 0.632. The highest BCUT2D eigenvalue weighted by Gasteiger charge is 2.36. The molecular weight excluding hydrogens is 344 g/mol. The van der Waals surface area contributed by atoms with Gasteiger partial charge in [-0.2, -0.15) is 10.2 Å². The summed E-state index contributed by atoms with van der Waals surface area (Å²) in [6.07, 6.45) is 8.01. The van der Waals surface area contributed by atoms with Crippen LogP contribution in [-0.4, -0.2) is 50.2 Å². The Kier molecular flexibility index (Phi) is 5.84. The summed E-state index contributed by atoms with van der Waals surface area (Å²) in [7, 11) is 1.88. The number of carbonyl (C=O) groups excluding carboxylic acids is 1. The number of morpholine rings is 1. The Morgan fingerprint density at radius 2 is 2.22 bits per heavy atom. The van der Waals surface area contributed by atoms with Gasteiger partial charge in [0.2, 0.25) is 0 Å². The van der Waals surface area contributed by atoms with Crippen LogP contribution in [0, 0.1) is 6.92 Å². The first-order chi connectivity index (χ1) is 12.9. The third kappa shape index (κ3) is 4.50. The lowest BCUT2D eigenvalue weighted by Crippen LogP contribution is -2.53. The molecule has 1 aliphatic heterocycles. The molecular formula is C19H30N6O2. The molecule has 0 aliphatic carbocycles. The van der Waals surface area contributed by atoms with Gasteiger partial charge in [-0.1, -0.05) is 13.3 Å². The lowest BCUT2D eigenvalue weighted by molar-refractivity contribution is -0.0907. The number of hydrogen-bond acceptors (Lipinski definition) is 4. The van der Waals surface area contributed by atoms with E-state index < -0.39 is 5.60 Å². The fourth-order valence-corrected chi connectivity index (χ4v) is 3.36. The van der Waals surface area contributed by atoms with E-state index in [1.54, 1.807) is 10.9 Å². The molecule has 2 amide bonds. The van der Waals surface area contributed by atoms with E-state index in [2.05, 4.69) is 22.4 Å². The van der Waals surface area contributed by atoms with Gasteiger partial charge in [-0.3, -0.25) is 9.36 Å². The molecule has 8 nitrogen and oxygen atoms in total. The zero-order valence-electron chi connectivity index (χ0n) is 16.7. The minimum absolute atomic E-state index is 0.0749. The largest absolute Gasteiger partial charge is 0.367 e. The molecule has 1 unspecified atom stereocenters. The van der Waals surface area contributed by atoms with Crippen molar-refractivity contribution in [1.29, 1.82) is 0 Å². The predicted molar refractivity (Wildman–Crippen MR) is 102 cm³/mol. The standard InChI is InChI=1S/C19H30N6O2/c1-5-6-7-25-12-16(15(2)22-25)10-20-18(26)24-8-9-27-19(3,14-24)17-11-21-23(4)13-17/h11-13H,5-10,14H2,1-4H3,(H,20,26). The van der Waals surface area contributed by atoms with Crippen LogP contribution in [0.2, 0.25) is 0 Å². The molecule has 1 aliphatic rings. The Morgan fingerprint density at radius 3 is 2.93 bits per heavy atom. The van der Waals surface area contributed by atoms with Crippen LogP contribution in [0.15, 0.2) is 18.6 Å². The summed E-state index contributed by atoms with van der Waals surface area (Å²) in [6, 6.07) is -0.0749. The Balaban J connectivity index is 1.59. The topological polar surface area (TPSA) is 77.2 Å². The maximum Gasteiger partial charge on any atom is 0.317 e. The van der Waals surface area contributed by atoms with Crippen LogP contribution < -0.4 is 5.32 Å². The van der Waals surface area contributed by atoms with Crippen LogP contribution in [0.25, 0.3) is 0 Å². The summed E-state index contributed by atoms with van der Waals surface area (Å²) >= 11 is 0. The van der Waals surface area contributed by atoms with E-state index in [1.165, 1.54) is 0 Å². The van der Waals surface area contributed by atoms with Gasteiger partial charge in [0, 0.05) is 50.2 Å². The van der Waals surface area contributed by atoms with Crippen molar-refractivity contribution >= 4 is 6.03 Å². The molecule has 148 valence electrons. The third-order valence-corrected chi connectivity index (χ3v) is 5.10. The van der Waals surface area contributed by atoms with E-state index in [9.17, 15) is 4.79 Å². The molecule has 0 radical (unpaired) electrons. The summed E-state index contributed by atoms with van der Waals surface area (Å²) in [6.45, 7) is 9.14. The Morgan fingerprint density at radius 1 is 1.41 bits per heavy atom. The molecule has 2 aromatic rings. The van der Waals surface area contributed by atoms with Crippen LogP contribution in [0.3, 0.4) is 0 Å². The lowest BCUT2D eigenvalue weighted by atomic mass is 9.97. The SMILES string of the molecule is CCCCn1cc(CNC(=O)N2CCOC(C)(c3cnn(C)c3)C2)c(C)n1. The Hall–Kier alpha value is -2.35. The number of hydrogen-bond donors (Lipinski definition) is 1. The van der Waals surface area contributed by atoms with Gasteiger partial charge in [-0.05, 0) is 20.3 Å². The second-order valence-electron chi connectivity index (χ2n) is 7.42. The van der Waals surface area contributed by atoms with E-state index in [0.717, 1.165) is 36.2 Å². The van der Waals surface area contributed by atoms with Gasteiger partial charge in [-0.25, -0.2) is 4.79 Å². The Bertz CT molecular complexity index is 783. The fourth-order valence-electron chi connectivity index (χ4n) is 3.36. The number of unbranched alkanes of at least 4 members (excludes halogenated alkanes) is 1. The van der Waals surface area contributed by atoms with E-state index in [-0.39, 0.29) is 6.03 Å². The second kappa shape index (κ2) is 8.12. The van der Waals surface area contributed by atoms with Gasteiger partial charge < -0.3 is 15.0 Å². The molecule has 3 heterocycles. The first-order valence-corrected chi connectivity index (χ1v) is 9.60. The molecule has 1 N–H and O–H groups in total. The predicted octanol–water partition coefficient (Wildman–Crippen LogP) is 2.18. The van der Waals surface area contributed by atoms with Crippen molar-refractivity contribution in [3.8, 4) is 0 Å². The summed E-state index contributed by atoms with van der Waals surface area (Å²) in [5.41, 5.74) is 2.47. The van der Waals surface area contributed by atoms with E-state index >= 15 is 0 Å². The molecule has 2 aromatic heterocycles. The molecule has 0 bridgehead atoms. The third-order valence-electron chi connectivity index (χ3n) is 5.10. The summed E-state index contributed by atoms with van der Waals surface area (Å²) in [5.74, 6) is 0. The van der Waals surface area contributed by atoms with Crippen molar-refractivity contribution in [3.63, 3.8) is 0 Å². The van der Waals surface area contributed by atoms with E-state index in [4.69, 9.17) is 4.74 Å². The number of aryl methyl sites for hydroxylation is 3. The van der Waals surface area contributed by atoms with E-state index in [1.807, 2.05) is 42.9 Å². The molecule has 0 saturated carbocycles. The van der Waals surface area contributed by atoms with Crippen LogP contribution in [0.5, 0.6) is 0 Å². The molecule has 1 atom stereocenters. The number of rotatable bonds is 6. The molecule has 0 spiro atoms. The highest BCUT2D eigenvalue weighted by molar-refractivity contribution is 5.74. The maximum atomic E-state index is 12.7. The average Bonchev–Trinajstić information content (AvgIpc) is 3.24. The maximum absolute atomic E-state index is 12.7. The number of amides is 2. The summed E-state index contributed by atoms with van der Waals surface area (Å²) in [4.78, 5) is 14.5. The van der Waals surface area contributed by atoms with Gasteiger partial charge >= 0.3 is 6.03 Å². The minimum atomic E-state index is -0.537. The van der Waals surface area contributed by atoms with Crippen molar-refractivity contribution < 1.29 is 9.53 Å². The highest BCUT2D eigenvalue weighted by atomic mass is 16.5. The number of nitrogens with one attached hydrogen (secondary N) is 1. The normalized spacial score (nSPS) is 20.1. The van der Waals surface area contributed by atoms with E-state index in [0.29, 0.717) is 26.2 Å². The smallest absolute Gasteiger partial charge is 0.317 e. The molecule has 1 saturated heterocycles. The van der Waals surface area contributed by atoms with Gasteiger partial charge in [0.25, 0.3) is 0 Å². The molecule has 1 fully saturated rings. The molecule has 0 aromatic carbocycles. The first-order valence-electron chi connectivity index (χ1n) is 9.60. The molecule has 27 heavy (non-hydrogen) atoms. The van der Waals surface area contributed by atoms with Crippen LogP contribution in [0.1, 0.15) is 43.5 Å². The zero-order valence-corrected chi connectivity index (χ0v) is 16.7. The Labute approximate surface area is 160 Å². The summed E-state index contributed by atoms with van der Waals surface area (Å²) < 4.78 is 9.70.